The van der Waals surface area contributed by atoms with Crippen LogP contribution in [0.5, 0.6) is 0 Å². The first kappa shape index (κ1) is 24.3. The molecule has 1 unspecified atom stereocenters. The van der Waals surface area contributed by atoms with Crippen LogP contribution in [0.4, 0.5) is 5.82 Å². The van der Waals surface area contributed by atoms with Gasteiger partial charge in [0, 0.05) is 12.5 Å². The Balaban J connectivity index is 1.32. The van der Waals surface area contributed by atoms with Crippen molar-refractivity contribution in [3.05, 3.63) is 83.4 Å². The number of hydrogen-bond donors (Lipinski definition) is 2. The van der Waals surface area contributed by atoms with Crippen molar-refractivity contribution in [2.75, 3.05) is 18.5 Å². The van der Waals surface area contributed by atoms with Crippen LogP contribution in [-0.4, -0.2) is 61.9 Å². The van der Waals surface area contributed by atoms with Crippen LogP contribution >= 0.6 is 11.6 Å². The summed E-state index contributed by atoms with van der Waals surface area (Å²) in [6.07, 6.45) is -0.316. The number of rotatable bonds is 7. The standard InChI is InChI=1S/C27H28ClN5O4/c1-27(2)36-21-19(14-34)35-25(22(21)37-27)33-15-30-20-23(31-26(28)32-24(20)33)29-13-18(16-9-5-3-6-10-16)17-11-7-4-8-12-17/h3-12,15,18-19,21-22,25,34H,13-14H2,1-2H3,(H,29,31,32)/t19-,21-,22?,25-/m1/s1. The van der Waals surface area contributed by atoms with Crippen molar-refractivity contribution < 1.29 is 19.3 Å². The van der Waals surface area contributed by atoms with Gasteiger partial charge in [0.25, 0.3) is 0 Å². The molecule has 2 aliphatic heterocycles. The van der Waals surface area contributed by atoms with E-state index in [4.69, 9.17) is 25.8 Å². The lowest BCUT2D eigenvalue weighted by atomic mass is 9.91. The summed E-state index contributed by atoms with van der Waals surface area (Å²) in [4.78, 5) is 13.5. The highest BCUT2D eigenvalue weighted by atomic mass is 35.5. The lowest BCUT2D eigenvalue weighted by molar-refractivity contribution is -0.199. The zero-order valence-electron chi connectivity index (χ0n) is 20.5. The maximum absolute atomic E-state index is 9.87. The number of aliphatic hydroxyl groups is 1. The highest BCUT2D eigenvalue weighted by molar-refractivity contribution is 6.28. The predicted molar refractivity (Wildman–Crippen MR) is 138 cm³/mol. The number of ether oxygens (including phenoxy) is 3. The van der Waals surface area contributed by atoms with Gasteiger partial charge in [0.1, 0.15) is 18.3 Å². The maximum Gasteiger partial charge on any atom is 0.226 e. The van der Waals surface area contributed by atoms with Gasteiger partial charge in [-0.3, -0.25) is 4.57 Å². The van der Waals surface area contributed by atoms with E-state index in [1.54, 1.807) is 10.9 Å². The van der Waals surface area contributed by atoms with Gasteiger partial charge < -0.3 is 24.6 Å². The van der Waals surface area contributed by atoms with E-state index in [0.29, 0.717) is 23.5 Å². The lowest BCUT2D eigenvalue weighted by Gasteiger charge is -2.24. The molecule has 2 saturated heterocycles. The predicted octanol–water partition coefficient (Wildman–Crippen LogP) is 4.13. The van der Waals surface area contributed by atoms with Crippen LogP contribution in [-0.2, 0) is 14.2 Å². The summed E-state index contributed by atoms with van der Waals surface area (Å²) in [6, 6.07) is 20.6. The van der Waals surface area contributed by atoms with Crippen LogP contribution in [0.1, 0.15) is 37.1 Å². The van der Waals surface area contributed by atoms with Crippen molar-refractivity contribution in [2.24, 2.45) is 0 Å². The topological polar surface area (TPSA) is 104 Å². The molecule has 4 heterocycles. The van der Waals surface area contributed by atoms with Crippen LogP contribution < -0.4 is 5.32 Å². The van der Waals surface area contributed by atoms with Crippen LogP contribution in [0.3, 0.4) is 0 Å². The number of aromatic nitrogens is 4. The van der Waals surface area contributed by atoms with E-state index in [1.807, 2.05) is 50.2 Å². The SMILES string of the molecule is CC1(C)OC2[C@H](n3cnc4c(NCC(c5ccccc5)c5ccccc5)nc(Cl)nc43)O[C@H](CO)[C@H]2O1. The Morgan fingerprint density at radius 1 is 1.00 bits per heavy atom. The smallest absolute Gasteiger partial charge is 0.226 e. The summed E-state index contributed by atoms with van der Waals surface area (Å²) < 4.78 is 20.0. The quantitative estimate of drug-likeness (QED) is 0.350. The number of nitrogens with one attached hydrogen (secondary N) is 1. The molecule has 0 bridgehead atoms. The van der Waals surface area contributed by atoms with Crippen molar-refractivity contribution in [2.45, 2.75) is 50.1 Å². The molecule has 2 N–H and O–H groups in total. The Bertz CT molecular complexity index is 1340. The molecule has 4 atom stereocenters. The highest BCUT2D eigenvalue weighted by Crippen LogP contribution is 2.44. The molecule has 0 aliphatic carbocycles. The van der Waals surface area contributed by atoms with E-state index < -0.39 is 30.3 Å². The van der Waals surface area contributed by atoms with Gasteiger partial charge in [-0.15, -0.1) is 0 Å². The molecule has 2 fully saturated rings. The second kappa shape index (κ2) is 9.66. The van der Waals surface area contributed by atoms with Gasteiger partial charge in [-0.25, -0.2) is 4.98 Å². The zero-order chi connectivity index (χ0) is 25.6. The monoisotopic (exact) mass is 521 g/mol. The number of aliphatic hydroxyl groups excluding tert-OH is 1. The third-order valence-corrected chi connectivity index (χ3v) is 7.02. The second-order valence-electron chi connectivity index (χ2n) is 9.73. The number of fused-ring (bicyclic) bond motifs is 2. The summed E-state index contributed by atoms with van der Waals surface area (Å²) in [7, 11) is 0. The Morgan fingerprint density at radius 3 is 2.30 bits per heavy atom. The van der Waals surface area contributed by atoms with Crippen LogP contribution in [0, 0.1) is 0 Å². The molecular formula is C27H28ClN5O4. The van der Waals surface area contributed by atoms with Gasteiger partial charge in [0.2, 0.25) is 5.28 Å². The molecule has 4 aromatic rings. The normalized spacial score (nSPS) is 24.6. The van der Waals surface area contributed by atoms with E-state index in [9.17, 15) is 5.11 Å². The average molecular weight is 522 g/mol. The van der Waals surface area contributed by atoms with E-state index >= 15 is 0 Å². The van der Waals surface area contributed by atoms with Crippen LogP contribution in [0.15, 0.2) is 67.0 Å². The Morgan fingerprint density at radius 2 is 1.65 bits per heavy atom. The largest absolute Gasteiger partial charge is 0.394 e. The van der Waals surface area contributed by atoms with Gasteiger partial charge in [0.15, 0.2) is 29.0 Å². The van der Waals surface area contributed by atoms with Gasteiger partial charge in [-0.1, -0.05) is 60.7 Å². The van der Waals surface area contributed by atoms with Gasteiger partial charge in [-0.05, 0) is 36.6 Å². The molecule has 192 valence electrons. The highest BCUT2D eigenvalue weighted by Gasteiger charge is 2.56. The number of hydrogen-bond acceptors (Lipinski definition) is 8. The molecule has 0 radical (unpaired) electrons. The Labute approximate surface area is 219 Å². The van der Waals surface area contributed by atoms with Gasteiger partial charge in [0.05, 0.1) is 12.9 Å². The molecule has 10 heteroatoms. The number of nitrogens with zero attached hydrogens (tertiary/aromatic N) is 4. The summed E-state index contributed by atoms with van der Waals surface area (Å²) in [5, 5.41) is 13.4. The molecule has 2 aromatic heterocycles. The number of anilines is 1. The molecule has 0 spiro atoms. The molecule has 0 amide bonds. The van der Waals surface area contributed by atoms with Crippen molar-refractivity contribution in [1.29, 1.82) is 0 Å². The number of imidazole rings is 1. The van der Waals surface area contributed by atoms with Crippen molar-refractivity contribution in [3.8, 4) is 0 Å². The lowest BCUT2D eigenvalue weighted by Crippen LogP contribution is -2.31. The minimum Gasteiger partial charge on any atom is -0.394 e. The minimum absolute atomic E-state index is 0.0868. The third kappa shape index (κ3) is 4.58. The molecule has 6 rings (SSSR count). The van der Waals surface area contributed by atoms with Crippen LogP contribution in [0.25, 0.3) is 11.2 Å². The first-order valence-corrected chi connectivity index (χ1v) is 12.7. The summed E-state index contributed by atoms with van der Waals surface area (Å²) in [5.74, 6) is -0.170. The number of benzene rings is 2. The van der Waals surface area contributed by atoms with E-state index in [2.05, 4.69) is 44.5 Å². The Kier molecular flexibility index (Phi) is 6.34. The minimum atomic E-state index is -0.787. The van der Waals surface area contributed by atoms with Gasteiger partial charge in [-0.2, -0.15) is 9.97 Å². The summed E-state index contributed by atoms with van der Waals surface area (Å²) in [5.41, 5.74) is 3.44. The van der Waals surface area contributed by atoms with E-state index in [0.717, 1.165) is 0 Å². The first-order valence-electron chi connectivity index (χ1n) is 12.3. The fourth-order valence-corrected chi connectivity index (χ4v) is 5.39. The van der Waals surface area contributed by atoms with Crippen molar-refractivity contribution in [3.63, 3.8) is 0 Å². The molecule has 2 aromatic carbocycles. The molecule has 0 saturated carbocycles. The maximum atomic E-state index is 9.87. The molecule has 9 nitrogen and oxygen atoms in total. The fourth-order valence-electron chi connectivity index (χ4n) is 5.23. The summed E-state index contributed by atoms with van der Waals surface area (Å²) >= 11 is 6.38. The molecule has 37 heavy (non-hydrogen) atoms. The molecular weight excluding hydrogens is 494 g/mol. The Hall–Kier alpha value is -3.08. The summed E-state index contributed by atoms with van der Waals surface area (Å²) in [6.45, 7) is 4.08. The molecule has 2 aliphatic rings. The first-order chi connectivity index (χ1) is 17.9. The van der Waals surface area contributed by atoms with Crippen molar-refractivity contribution >= 4 is 28.6 Å². The van der Waals surface area contributed by atoms with E-state index in [-0.39, 0.29) is 17.8 Å². The fraction of sp³-hybridized carbons (Fsp3) is 0.370. The van der Waals surface area contributed by atoms with Crippen molar-refractivity contribution in [1.82, 2.24) is 19.5 Å². The third-order valence-electron chi connectivity index (χ3n) is 6.85. The second-order valence-corrected chi connectivity index (χ2v) is 10.1. The zero-order valence-corrected chi connectivity index (χ0v) is 21.2. The number of halogens is 1. The van der Waals surface area contributed by atoms with Crippen LogP contribution in [0.2, 0.25) is 5.28 Å². The average Bonchev–Trinajstić information content (AvgIpc) is 3.55. The van der Waals surface area contributed by atoms with Gasteiger partial charge >= 0.3 is 0 Å². The van der Waals surface area contributed by atoms with E-state index in [1.165, 1.54) is 11.1 Å².